The van der Waals surface area contributed by atoms with Gasteiger partial charge in [0.1, 0.15) is 11.3 Å². The quantitative estimate of drug-likeness (QED) is 0.485. The van der Waals surface area contributed by atoms with E-state index in [4.69, 9.17) is 20.6 Å². The molecule has 0 aliphatic carbocycles. The normalized spacial score (nSPS) is 17.8. The number of aryl methyl sites for hydroxylation is 1. The first-order valence-electron chi connectivity index (χ1n) is 10.7. The maximum Gasteiger partial charge on any atom is 0.277 e. The van der Waals surface area contributed by atoms with Gasteiger partial charge in [-0.3, -0.25) is 0 Å². The molecule has 1 unspecified atom stereocenters. The summed E-state index contributed by atoms with van der Waals surface area (Å²) < 4.78 is 32.5. The summed E-state index contributed by atoms with van der Waals surface area (Å²) in [5.74, 6) is 1.36. The molecule has 1 fully saturated rings. The number of methoxy groups -OCH3 is 1. The van der Waals surface area contributed by atoms with Crippen LogP contribution >= 0.6 is 0 Å². The molecule has 0 amide bonds. The van der Waals surface area contributed by atoms with Crippen LogP contribution in [-0.2, 0) is 27.9 Å². The van der Waals surface area contributed by atoms with E-state index in [1.807, 2.05) is 24.3 Å². The van der Waals surface area contributed by atoms with E-state index in [0.29, 0.717) is 25.4 Å². The number of rotatable bonds is 9. The molecule has 4 N–H and O–H groups in total. The standard InChI is InChI=1S/C21H30N6O3S/c1-30-14-11-18-25-19-20(16-9-2-3-10-17(16)24-21(19)22)26(18)12-5-4-7-15-8-6-13-27(15)31(23,28)29/h2-3,9-10,15H,4-8,11-14H2,1H3,(H2,22,24)(H2,23,28,29). The third kappa shape index (κ3) is 4.52. The highest BCUT2D eigenvalue weighted by Crippen LogP contribution is 2.30. The average molecular weight is 447 g/mol. The van der Waals surface area contributed by atoms with Crippen LogP contribution in [0.2, 0.25) is 0 Å². The smallest absolute Gasteiger partial charge is 0.277 e. The predicted molar refractivity (Wildman–Crippen MR) is 122 cm³/mol. The van der Waals surface area contributed by atoms with E-state index in [1.54, 1.807) is 7.11 Å². The molecule has 0 radical (unpaired) electrons. The van der Waals surface area contributed by atoms with Crippen molar-refractivity contribution in [2.45, 2.75) is 51.1 Å². The van der Waals surface area contributed by atoms with Crippen LogP contribution in [0, 0.1) is 0 Å². The summed E-state index contributed by atoms with van der Waals surface area (Å²) in [6.45, 7) is 1.86. The van der Waals surface area contributed by atoms with E-state index in [9.17, 15) is 8.42 Å². The van der Waals surface area contributed by atoms with Gasteiger partial charge in [0.05, 0.1) is 17.6 Å². The Kier molecular flexibility index (Phi) is 6.42. The van der Waals surface area contributed by atoms with Crippen molar-refractivity contribution >= 4 is 38.0 Å². The third-order valence-corrected chi connectivity index (χ3v) is 7.17. The van der Waals surface area contributed by atoms with Gasteiger partial charge in [-0.1, -0.05) is 24.6 Å². The Bertz CT molecular complexity index is 1180. The minimum atomic E-state index is -3.62. The summed E-state index contributed by atoms with van der Waals surface area (Å²) in [7, 11) is -1.95. The van der Waals surface area contributed by atoms with Gasteiger partial charge in [-0.15, -0.1) is 0 Å². The van der Waals surface area contributed by atoms with Gasteiger partial charge in [-0.05, 0) is 31.7 Å². The lowest BCUT2D eigenvalue weighted by molar-refractivity contribution is 0.199. The largest absolute Gasteiger partial charge is 0.384 e. The molecule has 31 heavy (non-hydrogen) atoms. The fraction of sp³-hybridized carbons (Fsp3) is 0.524. The molecule has 0 spiro atoms. The molecule has 0 saturated carbocycles. The number of ether oxygens (including phenoxy) is 1. The molecule has 1 aliphatic heterocycles. The Hall–Kier alpha value is -2.27. The Labute approximate surface area is 182 Å². The second kappa shape index (κ2) is 9.07. The SMILES string of the molecule is COCCc1nc2c(N)nc3ccccc3c2n1CCCCC1CCCN1S(N)(=O)=O. The van der Waals surface area contributed by atoms with Gasteiger partial charge < -0.3 is 15.0 Å². The monoisotopic (exact) mass is 446 g/mol. The van der Waals surface area contributed by atoms with Gasteiger partial charge in [0.2, 0.25) is 0 Å². The molecule has 1 aliphatic rings. The molecule has 4 rings (SSSR count). The van der Waals surface area contributed by atoms with Crippen molar-refractivity contribution in [2.75, 3.05) is 26.0 Å². The number of nitrogen functional groups attached to an aromatic ring is 1. The van der Waals surface area contributed by atoms with Crippen molar-refractivity contribution in [1.29, 1.82) is 0 Å². The molecule has 1 aromatic carbocycles. The number of aromatic nitrogens is 3. The average Bonchev–Trinajstić information content (AvgIpc) is 3.35. The molecule has 1 saturated heterocycles. The number of fused-ring (bicyclic) bond motifs is 3. The second-order valence-corrected chi connectivity index (χ2v) is 9.58. The fourth-order valence-corrected chi connectivity index (χ4v) is 5.62. The van der Waals surface area contributed by atoms with E-state index in [2.05, 4.69) is 9.55 Å². The number of imidazole rings is 1. The summed E-state index contributed by atoms with van der Waals surface area (Å²) >= 11 is 0. The summed E-state index contributed by atoms with van der Waals surface area (Å²) in [5, 5.41) is 6.39. The summed E-state index contributed by atoms with van der Waals surface area (Å²) in [5.41, 5.74) is 8.81. The summed E-state index contributed by atoms with van der Waals surface area (Å²) in [6, 6.07) is 7.95. The maximum absolute atomic E-state index is 11.8. The van der Waals surface area contributed by atoms with Crippen molar-refractivity contribution in [3.8, 4) is 0 Å². The topological polar surface area (TPSA) is 129 Å². The highest BCUT2D eigenvalue weighted by Gasteiger charge is 2.31. The van der Waals surface area contributed by atoms with Crippen LogP contribution in [0.5, 0.6) is 0 Å². The molecule has 10 heteroatoms. The minimum Gasteiger partial charge on any atom is -0.384 e. The van der Waals surface area contributed by atoms with Crippen LogP contribution in [0.25, 0.3) is 21.9 Å². The molecule has 9 nitrogen and oxygen atoms in total. The van der Waals surface area contributed by atoms with Crippen LogP contribution < -0.4 is 10.9 Å². The molecule has 0 bridgehead atoms. The molecule has 168 valence electrons. The van der Waals surface area contributed by atoms with E-state index in [0.717, 1.165) is 66.4 Å². The molecule has 1 atom stereocenters. The van der Waals surface area contributed by atoms with Crippen molar-refractivity contribution in [1.82, 2.24) is 18.8 Å². The van der Waals surface area contributed by atoms with Crippen molar-refractivity contribution in [3.05, 3.63) is 30.1 Å². The maximum atomic E-state index is 11.8. The number of hydrogen-bond acceptors (Lipinski definition) is 6. The van der Waals surface area contributed by atoms with E-state index in [1.165, 1.54) is 4.31 Å². The lowest BCUT2D eigenvalue weighted by Crippen LogP contribution is -2.40. The lowest BCUT2D eigenvalue weighted by atomic mass is 10.1. The Morgan fingerprint density at radius 3 is 2.81 bits per heavy atom. The van der Waals surface area contributed by atoms with E-state index >= 15 is 0 Å². The number of unbranched alkanes of at least 4 members (excludes halogenated alkanes) is 1. The van der Waals surface area contributed by atoms with Crippen LogP contribution in [-0.4, -0.2) is 53.6 Å². The van der Waals surface area contributed by atoms with Crippen LogP contribution in [0.1, 0.15) is 37.9 Å². The van der Waals surface area contributed by atoms with Crippen molar-refractivity contribution in [2.24, 2.45) is 5.14 Å². The minimum absolute atomic E-state index is 0.00293. The number of pyridine rings is 1. The number of anilines is 1. The zero-order valence-corrected chi connectivity index (χ0v) is 18.6. The number of benzene rings is 1. The summed E-state index contributed by atoms with van der Waals surface area (Å²) in [6.07, 6.45) is 5.03. The van der Waals surface area contributed by atoms with Crippen molar-refractivity contribution in [3.63, 3.8) is 0 Å². The van der Waals surface area contributed by atoms with Gasteiger partial charge in [-0.2, -0.15) is 12.7 Å². The number of hydrogen-bond donors (Lipinski definition) is 2. The first kappa shape index (κ1) is 21.9. The molecular formula is C21H30N6O3S. The van der Waals surface area contributed by atoms with Crippen LogP contribution in [0.15, 0.2) is 24.3 Å². The van der Waals surface area contributed by atoms with E-state index in [-0.39, 0.29) is 6.04 Å². The summed E-state index contributed by atoms with van der Waals surface area (Å²) in [4.78, 5) is 9.31. The first-order valence-corrected chi connectivity index (χ1v) is 12.2. The molecule has 3 aromatic rings. The number of para-hydroxylation sites is 1. The van der Waals surface area contributed by atoms with E-state index < -0.39 is 10.2 Å². The highest BCUT2D eigenvalue weighted by atomic mass is 32.2. The molecule has 2 aromatic heterocycles. The van der Waals surface area contributed by atoms with Gasteiger partial charge in [0.15, 0.2) is 5.82 Å². The molecule has 3 heterocycles. The zero-order valence-electron chi connectivity index (χ0n) is 17.8. The van der Waals surface area contributed by atoms with Gasteiger partial charge in [0, 0.05) is 38.0 Å². The van der Waals surface area contributed by atoms with Gasteiger partial charge in [0.25, 0.3) is 10.2 Å². The van der Waals surface area contributed by atoms with Crippen molar-refractivity contribution < 1.29 is 13.2 Å². The number of nitrogens with two attached hydrogens (primary N) is 2. The Balaban J connectivity index is 1.57. The first-order chi connectivity index (χ1) is 14.9. The molecular weight excluding hydrogens is 416 g/mol. The highest BCUT2D eigenvalue weighted by molar-refractivity contribution is 7.86. The third-order valence-electron chi connectivity index (χ3n) is 6.04. The fourth-order valence-electron chi connectivity index (χ4n) is 4.61. The zero-order chi connectivity index (χ0) is 22.0. The van der Waals surface area contributed by atoms with Gasteiger partial charge in [-0.25, -0.2) is 15.1 Å². The van der Waals surface area contributed by atoms with Crippen LogP contribution in [0.3, 0.4) is 0 Å². The Morgan fingerprint density at radius 2 is 2.03 bits per heavy atom. The second-order valence-electron chi connectivity index (χ2n) is 8.08. The van der Waals surface area contributed by atoms with Crippen LogP contribution in [0.4, 0.5) is 5.82 Å². The number of nitrogens with zero attached hydrogens (tertiary/aromatic N) is 4. The lowest BCUT2D eigenvalue weighted by Gasteiger charge is -2.21. The van der Waals surface area contributed by atoms with Gasteiger partial charge >= 0.3 is 0 Å². The Morgan fingerprint density at radius 1 is 1.23 bits per heavy atom. The predicted octanol–water partition coefficient (Wildman–Crippen LogP) is 2.19.